The lowest BCUT2D eigenvalue weighted by atomic mass is 10.1. The predicted molar refractivity (Wildman–Crippen MR) is 63.8 cm³/mol. The second-order valence-electron chi connectivity index (χ2n) is 3.25. The zero-order valence-electron chi connectivity index (χ0n) is 9.82. The first kappa shape index (κ1) is 14.9. The Morgan fingerprint density at radius 1 is 1.50 bits per heavy atom. The molecule has 1 aliphatic carbocycles. The van der Waals surface area contributed by atoms with E-state index in [1.165, 1.54) is 7.05 Å². The highest BCUT2D eigenvalue weighted by Crippen LogP contribution is 2.09. The van der Waals surface area contributed by atoms with Gasteiger partial charge < -0.3 is 15.6 Å². The third-order valence-corrected chi connectivity index (χ3v) is 2.01. The second kappa shape index (κ2) is 10.4. The van der Waals surface area contributed by atoms with Gasteiger partial charge in [0, 0.05) is 13.0 Å². The Morgan fingerprint density at radius 3 is 2.81 bits per heavy atom. The molecular formula is C12H21NO3. The normalized spacial score (nSPS) is 13.6. The molecule has 3 N–H and O–H groups in total. The van der Waals surface area contributed by atoms with Crippen molar-refractivity contribution in [1.82, 2.24) is 0 Å². The minimum atomic E-state index is -0.237. The fraction of sp³-hybridized carbons (Fsp3) is 0.583. The first-order chi connectivity index (χ1) is 7.83. The zero-order chi connectivity index (χ0) is 12.2. The Labute approximate surface area is 96.8 Å². The fourth-order valence-electron chi connectivity index (χ4n) is 1.23. The Kier molecular flexibility index (Phi) is 9.66. The number of allylic oxidation sites excluding steroid dienone is 2. The molecule has 0 bridgehead atoms. The summed E-state index contributed by atoms with van der Waals surface area (Å²) in [6.45, 7) is 0.401. The van der Waals surface area contributed by atoms with Crippen LogP contribution in [0.3, 0.4) is 0 Å². The average molecular weight is 227 g/mol. The molecule has 0 saturated carbocycles. The maximum absolute atomic E-state index is 11.1. The molecule has 0 aromatic carbocycles. The van der Waals surface area contributed by atoms with Gasteiger partial charge in [0.15, 0.2) is 0 Å². The van der Waals surface area contributed by atoms with E-state index in [4.69, 9.17) is 9.84 Å². The van der Waals surface area contributed by atoms with Crippen LogP contribution >= 0.6 is 0 Å². The molecule has 16 heavy (non-hydrogen) atoms. The quantitative estimate of drug-likeness (QED) is 0.691. The Hall–Kier alpha value is -1.13. The van der Waals surface area contributed by atoms with E-state index in [1.807, 2.05) is 6.08 Å². The minimum absolute atomic E-state index is 0.0394. The molecule has 0 radical (unpaired) electrons. The van der Waals surface area contributed by atoms with Gasteiger partial charge >= 0.3 is 5.97 Å². The smallest absolute Gasteiger partial charge is 0.306 e. The van der Waals surface area contributed by atoms with Crippen LogP contribution in [0.5, 0.6) is 0 Å². The number of aliphatic hydroxyl groups is 1. The third-order valence-electron chi connectivity index (χ3n) is 2.01. The first-order valence-electron chi connectivity index (χ1n) is 5.52. The van der Waals surface area contributed by atoms with Crippen LogP contribution in [0.25, 0.3) is 0 Å². The summed E-state index contributed by atoms with van der Waals surface area (Å²) in [7, 11) is 1.50. The standard InChI is InChI=1S/C11H16O3.CH5N/c12-8-4-7-11(13)14-9-10-5-2-1-3-6-10;1-2/h2,5-6,12H,1,3-4,7-9H2;2H2,1H3. The monoisotopic (exact) mass is 227 g/mol. The highest BCUT2D eigenvalue weighted by atomic mass is 16.5. The van der Waals surface area contributed by atoms with Crippen molar-refractivity contribution in [3.05, 3.63) is 23.8 Å². The number of ether oxygens (including phenoxy) is 1. The maximum Gasteiger partial charge on any atom is 0.306 e. The van der Waals surface area contributed by atoms with Gasteiger partial charge in [-0.15, -0.1) is 0 Å². The SMILES string of the molecule is CN.O=C(CCCO)OCC1=CCCC=C1. The molecule has 0 heterocycles. The van der Waals surface area contributed by atoms with Gasteiger partial charge in [-0.1, -0.05) is 18.2 Å². The number of nitrogens with two attached hydrogens (primary N) is 1. The molecule has 0 saturated heterocycles. The number of esters is 1. The van der Waals surface area contributed by atoms with Crippen LogP contribution < -0.4 is 5.73 Å². The van der Waals surface area contributed by atoms with Crippen molar-refractivity contribution in [3.8, 4) is 0 Å². The molecule has 4 heteroatoms. The maximum atomic E-state index is 11.1. The molecule has 0 aliphatic heterocycles. The van der Waals surface area contributed by atoms with E-state index in [1.54, 1.807) is 0 Å². The van der Waals surface area contributed by atoms with Gasteiger partial charge in [-0.2, -0.15) is 0 Å². The molecule has 0 aromatic heterocycles. The average Bonchev–Trinajstić information content (AvgIpc) is 2.37. The predicted octanol–water partition coefficient (Wildman–Crippen LogP) is 1.15. The van der Waals surface area contributed by atoms with Gasteiger partial charge in [0.25, 0.3) is 0 Å². The minimum Gasteiger partial charge on any atom is -0.461 e. The Morgan fingerprint density at radius 2 is 2.25 bits per heavy atom. The molecule has 4 nitrogen and oxygen atoms in total. The van der Waals surface area contributed by atoms with Crippen molar-refractivity contribution in [3.63, 3.8) is 0 Å². The summed E-state index contributed by atoms with van der Waals surface area (Å²) in [4.78, 5) is 11.1. The van der Waals surface area contributed by atoms with Crippen LogP contribution in [-0.2, 0) is 9.53 Å². The lowest BCUT2D eigenvalue weighted by molar-refractivity contribution is -0.142. The number of rotatable bonds is 5. The second-order valence-corrected chi connectivity index (χ2v) is 3.25. The van der Waals surface area contributed by atoms with Crippen LogP contribution in [0, 0.1) is 0 Å². The molecule has 1 aliphatic rings. The number of hydrogen-bond donors (Lipinski definition) is 2. The molecule has 0 amide bonds. The number of carbonyl (C=O) groups is 1. The Balaban J connectivity index is 0.00000106. The molecule has 1 rings (SSSR count). The van der Waals surface area contributed by atoms with Crippen LogP contribution in [0.15, 0.2) is 23.8 Å². The lowest BCUT2D eigenvalue weighted by Crippen LogP contribution is -2.08. The molecule has 0 spiro atoms. The van der Waals surface area contributed by atoms with E-state index in [0.29, 0.717) is 19.4 Å². The molecule has 0 unspecified atom stereocenters. The van der Waals surface area contributed by atoms with Crippen molar-refractivity contribution in [1.29, 1.82) is 0 Å². The van der Waals surface area contributed by atoms with Gasteiger partial charge in [0.2, 0.25) is 0 Å². The van der Waals surface area contributed by atoms with Crippen molar-refractivity contribution < 1.29 is 14.6 Å². The summed E-state index contributed by atoms with van der Waals surface area (Å²) >= 11 is 0. The summed E-state index contributed by atoms with van der Waals surface area (Å²) in [5.41, 5.74) is 5.56. The van der Waals surface area contributed by atoms with Crippen LogP contribution in [-0.4, -0.2) is 31.3 Å². The number of carbonyl (C=O) groups excluding carboxylic acids is 1. The molecule has 0 atom stereocenters. The van der Waals surface area contributed by atoms with E-state index in [-0.39, 0.29) is 12.6 Å². The summed E-state index contributed by atoms with van der Waals surface area (Å²) < 4.78 is 5.01. The van der Waals surface area contributed by atoms with Gasteiger partial charge in [0.1, 0.15) is 6.61 Å². The summed E-state index contributed by atoms with van der Waals surface area (Å²) in [6, 6.07) is 0. The largest absolute Gasteiger partial charge is 0.461 e. The molecule has 92 valence electrons. The highest BCUT2D eigenvalue weighted by Gasteiger charge is 2.03. The van der Waals surface area contributed by atoms with Gasteiger partial charge in [-0.05, 0) is 31.9 Å². The van der Waals surface area contributed by atoms with E-state index >= 15 is 0 Å². The third kappa shape index (κ3) is 7.20. The van der Waals surface area contributed by atoms with E-state index in [0.717, 1.165) is 18.4 Å². The highest BCUT2D eigenvalue weighted by molar-refractivity contribution is 5.69. The van der Waals surface area contributed by atoms with Crippen LogP contribution in [0.1, 0.15) is 25.7 Å². The van der Waals surface area contributed by atoms with E-state index in [2.05, 4.69) is 17.9 Å². The van der Waals surface area contributed by atoms with Crippen molar-refractivity contribution in [2.45, 2.75) is 25.7 Å². The summed E-state index contributed by atoms with van der Waals surface area (Å²) in [6.07, 6.45) is 9.03. The van der Waals surface area contributed by atoms with Crippen LogP contribution in [0.4, 0.5) is 0 Å². The van der Waals surface area contributed by atoms with E-state index in [9.17, 15) is 4.79 Å². The van der Waals surface area contributed by atoms with Gasteiger partial charge in [0.05, 0.1) is 0 Å². The Bertz CT molecular complexity index is 247. The van der Waals surface area contributed by atoms with Crippen molar-refractivity contribution in [2.75, 3.05) is 20.3 Å². The topological polar surface area (TPSA) is 72.6 Å². The first-order valence-corrected chi connectivity index (χ1v) is 5.52. The molecule has 0 aromatic rings. The van der Waals surface area contributed by atoms with Crippen LogP contribution in [0.2, 0.25) is 0 Å². The van der Waals surface area contributed by atoms with E-state index < -0.39 is 0 Å². The van der Waals surface area contributed by atoms with Crippen molar-refractivity contribution in [2.24, 2.45) is 5.73 Å². The molecule has 0 fully saturated rings. The summed E-state index contributed by atoms with van der Waals surface area (Å²) in [5.74, 6) is -0.237. The zero-order valence-corrected chi connectivity index (χ0v) is 9.82. The van der Waals surface area contributed by atoms with Gasteiger partial charge in [-0.25, -0.2) is 0 Å². The molecular weight excluding hydrogens is 206 g/mol. The summed E-state index contributed by atoms with van der Waals surface area (Å²) in [5, 5.41) is 8.50. The fourth-order valence-corrected chi connectivity index (χ4v) is 1.23. The van der Waals surface area contributed by atoms with Crippen molar-refractivity contribution >= 4 is 5.97 Å². The lowest BCUT2D eigenvalue weighted by Gasteiger charge is -2.07. The number of hydrogen-bond acceptors (Lipinski definition) is 4. The number of aliphatic hydroxyl groups excluding tert-OH is 1. The van der Waals surface area contributed by atoms with Gasteiger partial charge in [-0.3, -0.25) is 4.79 Å².